The summed E-state index contributed by atoms with van der Waals surface area (Å²) < 4.78 is 19.4. The standard InChI is InChI=1S/C20H17FN2O2/c21-14-8-9-19(25-12-13-6-7-13)18(11-14)23-20(24)16-3-1-5-17-15(16)4-2-10-22-17/h1-5,8-11,13H,6-7,12H2,(H,23,24). The van der Waals surface area contributed by atoms with Gasteiger partial charge in [0.1, 0.15) is 11.6 Å². The lowest BCUT2D eigenvalue weighted by Crippen LogP contribution is -2.14. The molecule has 0 bridgehead atoms. The van der Waals surface area contributed by atoms with Gasteiger partial charge in [-0.3, -0.25) is 9.78 Å². The monoisotopic (exact) mass is 336 g/mol. The summed E-state index contributed by atoms with van der Waals surface area (Å²) in [6, 6.07) is 13.1. The van der Waals surface area contributed by atoms with Crippen LogP contribution in [-0.4, -0.2) is 17.5 Å². The van der Waals surface area contributed by atoms with Crippen molar-refractivity contribution in [3.05, 3.63) is 66.1 Å². The average Bonchev–Trinajstić information content (AvgIpc) is 3.45. The van der Waals surface area contributed by atoms with Gasteiger partial charge in [0, 0.05) is 23.2 Å². The van der Waals surface area contributed by atoms with E-state index < -0.39 is 5.82 Å². The zero-order valence-electron chi connectivity index (χ0n) is 13.5. The molecule has 1 N–H and O–H groups in total. The number of carbonyl (C=O) groups excluding carboxylic acids is 1. The van der Waals surface area contributed by atoms with Crippen LogP contribution in [-0.2, 0) is 0 Å². The normalized spacial score (nSPS) is 13.6. The summed E-state index contributed by atoms with van der Waals surface area (Å²) in [5, 5.41) is 3.52. The van der Waals surface area contributed by atoms with Crippen LogP contribution in [0, 0.1) is 11.7 Å². The third kappa shape index (κ3) is 3.45. The van der Waals surface area contributed by atoms with E-state index in [1.807, 2.05) is 12.1 Å². The quantitative estimate of drug-likeness (QED) is 0.750. The van der Waals surface area contributed by atoms with Gasteiger partial charge >= 0.3 is 0 Å². The van der Waals surface area contributed by atoms with Crippen molar-refractivity contribution in [1.82, 2.24) is 4.98 Å². The van der Waals surface area contributed by atoms with Crippen molar-refractivity contribution in [2.24, 2.45) is 5.92 Å². The number of carbonyl (C=O) groups is 1. The van der Waals surface area contributed by atoms with Crippen LogP contribution < -0.4 is 10.1 Å². The lowest BCUT2D eigenvalue weighted by molar-refractivity contribution is 0.102. The summed E-state index contributed by atoms with van der Waals surface area (Å²) in [6.07, 6.45) is 4.00. The molecule has 1 amide bonds. The van der Waals surface area contributed by atoms with Gasteiger partial charge in [-0.2, -0.15) is 0 Å². The molecule has 2 aromatic carbocycles. The van der Waals surface area contributed by atoms with Gasteiger partial charge in [-0.1, -0.05) is 12.1 Å². The Morgan fingerprint density at radius 2 is 2.08 bits per heavy atom. The van der Waals surface area contributed by atoms with Gasteiger partial charge in [0.15, 0.2) is 0 Å². The number of aromatic nitrogens is 1. The molecule has 5 heteroatoms. The van der Waals surface area contributed by atoms with E-state index in [0.717, 1.165) is 23.7 Å². The average molecular weight is 336 g/mol. The molecule has 4 rings (SSSR count). The van der Waals surface area contributed by atoms with Gasteiger partial charge in [0.05, 0.1) is 17.8 Å². The third-order valence-corrected chi connectivity index (χ3v) is 4.25. The summed E-state index contributed by atoms with van der Waals surface area (Å²) in [5.74, 6) is 0.312. The van der Waals surface area contributed by atoms with Crippen LogP contribution in [0.2, 0.25) is 0 Å². The number of amides is 1. The second-order valence-electron chi connectivity index (χ2n) is 6.22. The van der Waals surface area contributed by atoms with E-state index in [2.05, 4.69) is 10.3 Å². The lowest BCUT2D eigenvalue weighted by Gasteiger charge is -2.13. The third-order valence-electron chi connectivity index (χ3n) is 4.25. The Morgan fingerprint density at radius 3 is 2.92 bits per heavy atom. The number of hydrogen-bond donors (Lipinski definition) is 1. The summed E-state index contributed by atoms with van der Waals surface area (Å²) in [5.41, 5.74) is 1.56. The van der Waals surface area contributed by atoms with Crippen LogP contribution >= 0.6 is 0 Å². The van der Waals surface area contributed by atoms with E-state index in [9.17, 15) is 9.18 Å². The van der Waals surface area contributed by atoms with E-state index in [-0.39, 0.29) is 5.91 Å². The van der Waals surface area contributed by atoms with Gasteiger partial charge in [-0.15, -0.1) is 0 Å². The molecule has 0 radical (unpaired) electrons. The Kier molecular flexibility index (Phi) is 4.06. The lowest BCUT2D eigenvalue weighted by atomic mass is 10.1. The summed E-state index contributed by atoms with van der Waals surface area (Å²) >= 11 is 0. The topological polar surface area (TPSA) is 51.2 Å². The number of nitrogens with one attached hydrogen (secondary N) is 1. The fourth-order valence-corrected chi connectivity index (χ4v) is 2.71. The molecule has 1 fully saturated rings. The van der Waals surface area contributed by atoms with Crippen LogP contribution in [0.1, 0.15) is 23.2 Å². The molecule has 1 saturated carbocycles. The van der Waals surface area contributed by atoms with Crippen LogP contribution in [0.25, 0.3) is 10.9 Å². The SMILES string of the molecule is O=C(Nc1cc(F)ccc1OCC1CC1)c1cccc2ncccc12. The van der Waals surface area contributed by atoms with E-state index in [0.29, 0.717) is 29.5 Å². The highest BCUT2D eigenvalue weighted by Gasteiger charge is 2.23. The summed E-state index contributed by atoms with van der Waals surface area (Å²) in [6.45, 7) is 0.590. The van der Waals surface area contributed by atoms with Crippen molar-refractivity contribution in [3.8, 4) is 5.75 Å². The number of pyridine rings is 1. The van der Waals surface area contributed by atoms with Gasteiger partial charge in [-0.05, 0) is 49.1 Å². The fourth-order valence-electron chi connectivity index (χ4n) is 2.71. The maximum Gasteiger partial charge on any atom is 0.256 e. The highest BCUT2D eigenvalue weighted by molar-refractivity contribution is 6.12. The minimum absolute atomic E-state index is 0.319. The Morgan fingerprint density at radius 1 is 1.20 bits per heavy atom. The fraction of sp³-hybridized carbons (Fsp3) is 0.200. The molecule has 1 aliphatic carbocycles. The Hall–Kier alpha value is -2.95. The Labute approximate surface area is 144 Å². The van der Waals surface area contributed by atoms with Crippen LogP contribution in [0.15, 0.2) is 54.7 Å². The number of benzene rings is 2. The molecule has 0 saturated heterocycles. The highest BCUT2D eigenvalue weighted by atomic mass is 19.1. The summed E-state index contributed by atoms with van der Waals surface area (Å²) in [7, 11) is 0. The minimum Gasteiger partial charge on any atom is -0.491 e. The van der Waals surface area contributed by atoms with Crippen LogP contribution in [0.4, 0.5) is 10.1 Å². The van der Waals surface area contributed by atoms with Crippen LogP contribution in [0.3, 0.4) is 0 Å². The molecular weight excluding hydrogens is 319 g/mol. The van der Waals surface area contributed by atoms with E-state index in [1.54, 1.807) is 30.5 Å². The first-order valence-electron chi connectivity index (χ1n) is 8.28. The second-order valence-corrected chi connectivity index (χ2v) is 6.22. The second kappa shape index (κ2) is 6.51. The highest BCUT2D eigenvalue weighted by Crippen LogP contribution is 2.32. The predicted octanol–water partition coefficient (Wildman–Crippen LogP) is 4.42. The Balaban J connectivity index is 1.62. The van der Waals surface area contributed by atoms with E-state index in [1.165, 1.54) is 12.1 Å². The van der Waals surface area contributed by atoms with Gasteiger partial charge in [0.2, 0.25) is 0 Å². The van der Waals surface area contributed by atoms with Crippen molar-refractivity contribution in [1.29, 1.82) is 0 Å². The van der Waals surface area contributed by atoms with Crippen LogP contribution in [0.5, 0.6) is 5.75 Å². The van der Waals surface area contributed by atoms with Crippen molar-refractivity contribution < 1.29 is 13.9 Å². The zero-order chi connectivity index (χ0) is 17.2. The van der Waals surface area contributed by atoms with Crippen molar-refractivity contribution in [2.75, 3.05) is 11.9 Å². The largest absolute Gasteiger partial charge is 0.491 e. The molecule has 1 aromatic heterocycles. The van der Waals surface area contributed by atoms with Crippen molar-refractivity contribution in [3.63, 3.8) is 0 Å². The molecule has 1 heterocycles. The first-order valence-corrected chi connectivity index (χ1v) is 8.28. The van der Waals surface area contributed by atoms with Crippen molar-refractivity contribution >= 4 is 22.5 Å². The predicted molar refractivity (Wildman–Crippen MR) is 94.3 cm³/mol. The number of halogens is 1. The molecule has 0 spiro atoms. The molecule has 0 unspecified atom stereocenters. The number of nitrogens with zero attached hydrogens (tertiary/aromatic N) is 1. The Bertz CT molecular complexity index is 933. The summed E-state index contributed by atoms with van der Waals surface area (Å²) in [4.78, 5) is 17.0. The zero-order valence-corrected chi connectivity index (χ0v) is 13.5. The molecule has 1 aliphatic rings. The van der Waals surface area contributed by atoms with Crippen molar-refractivity contribution in [2.45, 2.75) is 12.8 Å². The number of ether oxygens (including phenoxy) is 1. The first-order chi connectivity index (χ1) is 12.2. The smallest absolute Gasteiger partial charge is 0.256 e. The van der Waals surface area contributed by atoms with E-state index in [4.69, 9.17) is 4.74 Å². The number of anilines is 1. The van der Waals surface area contributed by atoms with Gasteiger partial charge < -0.3 is 10.1 Å². The molecule has 126 valence electrons. The first kappa shape index (κ1) is 15.6. The number of hydrogen-bond acceptors (Lipinski definition) is 3. The maximum atomic E-state index is 13.6. The molecular formula is C20H17FN2O2. The molecule has 4 nitrogen and oxygen atoms in total. The molecule has 25 heavy (non-hydrogen) atoms. The molecule has 3 aromatic rings. The maximum absolute atomic E-state index is 13.6. The number of rotatable bonds is 5. The van der Waals surface area contributed by atoms with E-state index >= 15 is 0 Å². The van der Waals surface area contributed by atoms with Gasteiger partial charge in [-0.25, -0.2) is 4.39 Å². The molecule has 0 aliphatic heterocycles. The minimum atomic E-state index is -0.423. The molecule has 0 atom stereocenters. The van der Waals surface area contributed by atoms with Gasteiger partial charge in [0.25, 0.3) is 5.91 Å². The number of fused-ring (bicyclic) bond motifs is 1.